The van der Waals surface area contributed by atoms with Crippen LogP contribution in [0.4, 0.5) is 11.4 Å². The first-order chi connectivity index (χ1) is 16.4. The van der Waals surface area contributed by atoms with Gasteiger partial charge in [-0.05, 0) is 12.1 Å². The molecular weight excluding hydrogens is 440 g/mol. The van der Waals surface area contributed by atoms with E-state index in [0.717, 1.165) is 0 Å². The molecule has 34 heavy (non-hydrogen) atoms. The van der Waals surface area contributed by atoms with Gasteiger partial charge in [0.05, 0.1) is 52.9 Å². The van der Waals surface area contributed by atoms with E-state index in [9.17, 15) is 9.59 Å². The Labute approximate surface area is 197 Å². The van der Waals surface area contributed by atoms with E-state index in [1.807, 2.05) is 30.4 Å². The Morgan fingerprint density at radius 1 is 1.06 bits per heavy atom. The lowest BCUT2D eigenvalue weighted by Gasteiger charge is -2.24. The third kappa shape index (κ3) is 3.27. The smallest absolute Gasteiger partial charge is 0.234 e. The summed E-state index contributed by atoms with van der Waals surface area (Å²) in [7, 11) is 6.10. The number of carbonyl (C=O) groups is 2. The van der Waals surface area contributed by atoms with Crippen molar-refractivity contribution in [2.75, 3.05) is 45.2 Å². The third-order valence-corrected chi connectivity index (χ3v) is 6.70. The van der Waals surface area contributed by atoms with E-state index >= 15 is 0 Å². The van der Waals surface area contributed by atoms with Crippen molar-refractivity contribution in [3.05, 3.63) is 48.6 Å². The molecule has 2 amide bonds. The summed E-state index contributed by atoms with van der Waals surface area (Å²) < 4.78 is 27.6. The number of nitrogens with one attached hydrogen (secondary N) is 1. The van der Waals surface area contributed by atoms with Crippen LogP contribution in [0.2, 0.25) is 0 Å². The third-order valence-electron chi connectivity index (χ3n) is 6.70. The van der Waals surface area contributed by atoms with E-state index in [0.29, 0.717) is 40.9 Å². The highest BCUT2D eigenvalue weighted by molar-refractivity contribution is 6.05. The van der Waals surface area contributed by atoms with Crippen LogP contribution in [0.5, 0.6) is 23.0 Å². The molecule has 2 bridgehead atoms. The van der Waals surface area contributed by atoms with Crippen molar-refractivity contribution in [3.8, 4) is 23.0 Å². The van der Waals surface area contributed by atoms with E-state index in [1.165, 1.54) is 21.3 Å². The van der Waals surface area contributed by atoms with Crippen LogP contribution in [-0.4, -0.2) is 58.5 Å². The van der Waals surface area contributed by atoms with Crippen LogP contribution < -0.4 is 29.2 Å². The zero-order valence-corrected chi connectivity index (χ0v) is 19.4. The van der Waals surface area contributed by atoms with E-state index in [2.05, 4.69) is 5.32 Å². The summed E-state index contributed by atoms with van der Waals surface area (Å²) in [6.07, 6.45) is 3.32. The molecule has 0 saturated carbocycles. The summed E-state index contributed by atoms with van der Waals surface area (Å²) in [4.78, 5) is 28.7. The molecule has 3 heterocycles. The maximum absolute atomic E-state index is 13.6. The molecule has 2 saturated heterocycles. The summed E-state index contributed by atoms with van der Waals surface area (Å²) in [6, 6.07) is 10.6. The number of carbonyl (C=O) groups excluding carboxylic acids is 2. The van der Waals surface area contributed by atoms with Gasteiger partial charge in [-0.15, -0.1) is 0 Å². The predicted octanol–water partition coefficient (Wildman–Crippen LogP) is 2.65. The van der Waals surface area contributed by atoms with Gasteiger partial charge in [0, 0.05) is 29.6 Å². The van der Waals surface area contributed by atoms with Crippen molar-refractivity contribution in [3.63, 3.8) is 0 Å². The van der Waals surface area contributed by atoms with E-state index in [1.54, 1.807) is 30.2 Å². The Hall–Kier alpha value is -3.72. The Balaban J connectivity index is 1.43. The van der Waals surface area contributed by atoms with Crippen molar-refractivity contribution in [1.29, 1.82) is 0 Å². The molecule has 178 valence electrons. The monoisotopic (exact) mass is 466 g/mol. The Morgan fingerprint density at radius 3 is 2.44 bits per heavy atom. The molecule has 0 aliphatic carbocycles. The summed E-state index contributed by atoms with van der Waals surface area (Å²) in [5.74, 6) is 0.146. The topological polar surface area (TPSA) is 95.6 Å². The van der Waals surface area contributed by atoms with Gasteiger partial charge in [0.2, 0.25) is 17.6 Å². The second-order valence-corrected chi connectivity index (χ2v) is 8.43. The van der Waals surface area contributed by atoms with Crippen molar-refractivity contribution in [2.24, 2.45) is 11.8 Å². The first-order valence-electron chi connectivity index (χ1n) is 10.9. The molecule has 0 radical (unpaired) electrons. The van der Waals surface area contributed by atoms with E-state index in [4.69, 9.17) is 23.7 Å². The van der Waals surface area contributed by atoms with Gasteiger partial charge < -0.3 is 33.9 Å². The van der Waals surface area contributed by atoms with Crippen LogP contribution in [-0.2, 0) is 14.3 Å². The fraction of sp³-hybridized carbons (Fsp3) is 0.360. The largest absolute Gasteiger partial charge is 0.497 e. The molecule has 0 aromatic heterocycles. The van der Waals surface area contributed by atoms with Gasteiger partial charge in [0.1, 0.15) is 11.4 Å². The molecule has 4 atom stereocenters. The first-order valence-corrected chi connectivity index (χ1v) is 10.9. The molecule has 1 N–H and O–H groups in total. The van der Waals surface area contributed by atoms with Gasteiger partial charge in [0.25, 0.3) is 0 Å². The van der Waals surface area contributed by atoms with Crippen molar-refractivity contribution < 1.29 is 33.3 Å². The normalized spacial score (nSPS) is 26.4. The van der Waals surface area contributed by atoms with Crippen LogP contribution in [0.15, 0.2) is 48.6 Å². The zero-order valence-electron chi connectivity index (χ0n) is 19.4. The summed E-state index contributed by atoms with van der Waals surface area (Å²) in [6.45, 7) is 0.338. The minimum atomic E-state index is -0.831. The molecule has 2 fully saturated rings. The number of benzene rings is 2. The van der Waals surface area contributed by atoms with Crippen molar-refractivity contribution in [1.82, 2.24) is 0 Å². The van der Waals surface area contributed by atoms with Gasteiger partial charge in [-0.25, -0.2) is 0 Å². The maximum Gasteiger partial charge on any atom is 0.234 e. The predicted molar refractivity (Wildman–Crippen MR) is 124 cm³/mol. The van der Waals surface area contributed by atoms with Gasteiger partial charge in [0.15, 0.2) is 11.5 Å². The molecule has 9 heteroatoms. The standard InChI is InChI=1S/C25H26N2O7/c1-30-16-7-5-6-15(12-16)27-13-25-9-8-17(34-25)20(21(25)24(27)29)23(28)26-14-10-18(31-2)22(33-4)19(11-14)32-3/h5-12,17,20-21H,13H2,1-4H3,(H,26,28)/t17-,20+,21+,25-/m1/s1. The van der Waals surface area contributed by atoms with Crippen molar-refractivity contribution in [2.45, 2.75) is 11.7 Å². The number of amides is 2. The lowest BCUT2D eigenvalue weighted by atomic mass is 9.77. The molecule has 2 aromatic carbocycles. The molecule has 1 spiro atoms. The number of hydrogen-bond donors (Lipinski definition) is 1. The number of hydrogen-bond acceptors (Lipinski definition) is 7. The van der Waals surface area contributed by atoms with Crippen molar-refractivity contribution >= 4 is 23.2 Å². The SMILES string of the molecule is COc1cccc(N2C[C@@]34C=C[C@@H](O3)[C@H](C(=O)Nc3cc(OC)c(OC)c(OC)c3)[C@H]4C2=O)c1. The first kappa shape index (κ1) is 22.1. The quantitative estimate of drug-likeness (QED) is 0.627. The van der Waals surface area contributed by atoms with Crippen LogP contribution in [0.1, 0.15) is 0 Å². The number of anilines is 2. The molecule has 0 unspecified atom stereocenters. The maximum atomic E-state index is 13.6. The number of methoxy groups -OCH3 is 4. The van der Waals surface area contributed by atoms with Crippen LogP contribution >= 0.6 is 0 Å². The Morgan fingerprint density at radius 2 is 1.79 bits per heavy atom. The summed E-state index contributed by atoms with van der Waals surface area (Å²) in [5, 5.41) is 2.91. The molecular formula is C25H26N2O7. The summed E-state index contributed by atoms with van der Waals surface area (Å²) >= 11 is 0. The lowest BCUT2D eigenvalue weighted by molar-refractivity contribution is -0.128. The van der Waals surface area contributed by atoms with Crippen LogP contribution in [0, 0.1) is 11.8 Å². The number of nitrogens with zero attached hydrogens (tertiary/aromatic N) is 1. The molecule has 5 rings (SSSR count). The van der Waals surface area contributed by atoms with Gasteiger partial charge in [-0.1, -0.05) is 18.2 Å². The van der Waals surface area contributed by atoms with Crippen LogP contribution in [0.3, 0.4) is 0 Å². The zero-order chi connectivity index (χ0) is 24.0. The van der Waals surface area contributed by atoms with Gasteiger partial charge in [-0.2, -0.15) is 0 Å². The van der Waals surface area contributed by atoms with E-state index < -0.39 is 23.5 Å². The second kappa shape index (κ2) is 8.25. The fourth-order valence-corrected chi connectivity index (χ4v) is 5.17. The average Bonchev–Trinajstić information content (AvgIpc) is 3.51. The van der Waals surface area contributed by atoms with E-state index in [-0.39, 0.29) is 11.8 Å². The molecule has 3 aliphatic heterocycles. The lowest BCUT2D eigenvalue weighted by Crippen LogP contribution is -2.41. The number of fused-ring (bicyclic) bond motifs is 1. The highest BCUT2D eigenvalue weighted by Crippen LogP contribution is 2.53. The minimum Gasteiger partial charge on any atom is -0.497 e. The highest BCUT2D eigenvalue weighted by Gasteiger charge is 2.67. The second-order valence-electron chi connectivity index (χ2n) is 8.43. The van der Waals surface area contributed by atoms with Crippen LogP contribution in [0.25, 0.3) is 0 Å². The Kier molecular flexibility index (Phi) is 5.36. The fourth-order valence-electron chi connectivity index (χ4n) is 5.17. The minimum absolute atomic E-state index is 0.148. The average molecular weight is 466 g/mol. The van der Waals surface area contributed by atoms with Gasteiger partial charge in [-0.3, -0.25) is 9.59 Å². The Bertz CT molecular complexity index is 1150. The van der Waals surface area contributed by atoms with Gasteiger partial charge >= 0.3 is 0 Å². The molecule has 3 aliphatic rings. The molecule has 2 aromatic rings. The molecule has 9 nitrogen and oxygen atoms in total. The number of rotatable bonds is 7. The number of ether oxygens (including phenoxy) is 5. The summed E-state index contributed by atoms with van der Waals surface area (Å²) in [5.41, 5.74) is 0.343. The highest BCUT2D eigenvalue weighted by atomic mass is 16.5.